The molecule has 6 aromatic carbocycles. The average molecular weight is 2480 g/mol. The third kappa shape index (κ3) is 28.4. The van der Waals surface area contributed by atoms with Crippen LogP contribution in [-0.4, -0.2) is 149 Å². The van der Waals surface area contributed by atoms with Gasteiger partial charge in [-0.15, -0.1) is 0 Å². The van der Waals surface area contributed by atoms with Gasteiger partial charge in [-0.3, -0.25) is 0 Å². The van der Waals surface area contributed by atoms with Gasteiger partial charge in [0.25, 0.3) is 0 Å². The van der Waals surface area contributed by atoms with E-state index in [1.807, 2.05) is 6.92 Å². The Hall–Kier alpha value is -10.4. The maximum absolute atomic E-state index is 14.4. The summed E-state index contributed by atoms with van der Waals surface area (Å²) in [7, 11) is 8.85. The molecule has 1 saturated carbocycles. The molecule has 1 aliphatic rings. The number of halogens is 8. The predicted molar refractivity (Wildman–Crippen MR) is 454 cm³/mol. The normalized spacial score (nSPS) is 11.0. The Morgan fingerprint density at radius 1 is 0.319 bits per heavy atom. The molecule has 0 N–H and O–H groups in total. The summed E-state index contributed by atoms with van der Waals surface area (Å²) in [5.74, 6) is -0.500. The van der Waals surface area contributed by atoms with Gasteiger partial charge in [0.2, 0.25) is 0 Å². The van der Waals surface area contributed by atoms with E-state index in [0.29, 0.717) is 119 Å². The van der Waals surface area contributed by atoms with Crippen LogP contribution in [-0.2, 0) is 285 Å². The average Bonchev–Trinajstić information content (AvgIpc) is 1.62. The first-order valence-corrected chi connectivity index (χ1v) is 40.7. The number of nitrogens with zero attached hydrogens (tertiary/aromatic N) is 36. The summed E-state index contributed by atoms with van der Waals surface area (Å²) in [4.78, 5) is 72.2. The smallest absolute Gasteiger partial charge is 0.368 e. The molecule has 12 aromatic heterocycles. The first kappa shape index (κ1) is 116. The molecule has 0 amide bonds. The number of rotatable bonds is 26. The quantitative estimate of drug-likeness (QED) is 0.0698. The van der Waals surface area contributed by atoms with Gasteiger partial charge in [-0.25, -0.2) is 55.1 Å². The van der Waals surface area contributed by atoms with E-state index in [2.05, 4.69) is 140 Å². The monoisotopic (exact) mass is 2480 g/mol. The first-order chi connectivity index (χ1) is 65.0. The van der Waals surface area contributed by atoms with E-state index < -0.39 is 57.4 Å². The molecule has 6 radical (unpaired) electrons. The molecule has 0 aliphatic heterocycles. The van der Waals surface area contributed by atoms with E-state index in [0.717, 1.165) is 81.2 Å². The molecule has 62 heteroatoms. The zero-order valence-corrected chi connectivity index (χ0v) is 94.7. The summed E-state index contributed by atoms with van der Waals surface area (Å²) in [5, 5.41) is 89.0. The van der Waals surface area contributed by atoms with Crippen LogP contribution in [0.15, 0.2) is 180 Å². The molecule has 0 bridgehead atoms. The predicted octanol–water partition coefficient (Wildman–Crippen LogP) is 3.68. The van der Waals surface area contributed by atoms with Crippen molar-refractivity contribution in [2.24, 2.45) is 42.3 Å². The second-order valence-electron chi connectivity index (χ2n) is 28.5. The van der Waals surface area contributed by atoms with Crippen molar-refractivity contribution in [3.05, 3.63) is 309 Å². The molecule has 0 unspecified atom stereocenters. The SMILES string of the molecule is CCc1c(F)ccc(-n2nnn(C)c2=O)c1COc1cc[n-]n1.Cc1c(F)ccc(-n2nnn(C)c2=O)c1COc1cc[n-]n1.Cc1c(F)ccc(-n2nnn(C)c2=O)c1COc1cc[n-]n1.Cn1nnn(-c2cc(F)cc(Br)c2COc2cc[n-]n2)c1=O.Cn1nnn(-c2cc(F)cc(Cl)c2COc2cc[n-]n2)c1=O.Cn1nnn(-c2ccc(F)c(C3CC3)c2COc2cc[n-]n2)c1=O.[Y].[Y].[Y].[Y].[Y].[Y]. The van der Waals surface area contributed by atoms with Crippen molar-refractivity contribution in [3.8, 4) is 69.4 Å². The zero-order chi connectivity index (χ0) is 95.8. The Balaban J connectivity index is 0.000000205. The molecule has 1 fully saturated rings. The maximum Gasteiger partial charge on any atom is 0.368 e. The second-order valence-corrected chi connectivity index (χ2v) is 29.7. The van der Waals surface area contributed by atoms with Gasteiger partial charge in [-0.1, -0.05) is 34.5 Å². The fraction of sp³-hybridized carbons (Fsp3) is 0.241. The van der Waals surface area contributed by atoms with E-state index in [9.17, 15) is 55.1 Å². The van der Waals surface area contributed by atoms with Crippen molar-refractivity contribution >= 4 is 27.5 Å². The minimum Gasteiger partial charge on any atom is -0.579 e. The van der Waals surface area contributed by atoms with Crippen LogP contribution in [0.4, 0.5) is 26.3 Å². The third-order valence-electron chi connectivity index (χ3n) is 19.8. The molecular weight excluding hydrogens is 2410 g/mol. The molecule has 0 spiro atoms. The van der Waals surface area contributed by atoms with Crippen LogP contribution in [0.2, 0.25) is 5.02 Å². The summed E-state index contributed by atoms with van der Waals surface area (Å²) in [6.45, 7) is 5.23. The van der Waals surface area contributed by atoms with Crippen molar-refractivity contribution in [3.63, 3.8) is 0 Å². The number of ether oxygens (including phenoxy) is 6. The van der Waals surface area contributed by atoms with Crippen molar-refractivity contribution in [2.75, 3.05) is 0 Å². The Bertz CT molecular complexity index is 7230. The van der Waals surface area contributed by atoms with Crippen LogP contribution in [0.3, 0.4) is 0 Å². The molecule has 18 aromatic rings. The largest absolute Gasteiger partial charge is 0.579 e. The van der Waals surface area contributed by atoms with E-state index in [-0.39, 0.29) is 276 Å². The van der Waals surface area contributed by atoms with Gasteiger partial charge in [0, 0.05) is 289 Å². The standard InChI is InChI=1S/C15H14FN6O2.C14H14FN6O2.2C13H12FN6O2.C12H9BrFN6O2.C12H9ClFN6O2.6Y/c1-21-15(23)22(20-19-21)12-5-4-11(16)14(9-2-3-9)10(12)8-24-13-6-7-17-18-13;1-3-9-10(8-23-13-6-7-16-17-13)12(5-4-11(9)15)21-14(22)20(2)18-19-21;2*1-8-9(7-22-12-5-6-15-16-12)11(4-3-10(8)14)20-13(21)19(2)17-18-20;2*1-19-12(21)20(18-17-19)10-5-7(14)4-9(13)8(10)6-22-11-2-3-15-16-11;;;;;;/h4-7,9H,2-3,8H2,1H3;4-7H,3,8H2,1-2H3;2*3-6H,7H2,1-2H3;2*2-5H,6H2,1H3;;;;;;/q6*-1;;;;;;. The van der Waals surface area contributed by atoms with Crippen molar-refractivity contribution in [2.45, 2.75) is 85.6 Å². The zero-order valence-electron chi connectivity index (χ0n) is 75.3. The number of aromatic nitrogens is 36. The van der Waals surface area contributed by atoms with Crippen molar-refractivity contribution in [1.82, 2.24) is 180 Å². The summed E-state index contributed by atoms with van der Waals surface area (Å²) in [6, 6.07) is 25.4. The van der Waals surface area contributed by atoms with Gasteiger partial charge in [-0.05, 0) is 221 Å². The van der Waals surface area contributed by atoms with E-state index in [1.54, 1.807) is 50.2 Å². The number of hydrogen-bond donors (Lipinski definition) is 0. The number of benzene rings is 6. The van der Waals surface area contributed by atoms with Gasteiger partial charge in [-0.2, -0.15) is 93.4 Å². The minimum absolute atomic E-state index is 0. The Labute approximate surface area is 953 Å². The Kier molecular flexibility index (Phi) is 44.2. The number of tetrazole rings is 6. The van der Waals surface area contributed by atoms with Crippen LogP contribution in [0.25, 0.3) is 34.1 Å². The Morgan fingerprint density at radius 3 is 0.865 bits per heavy atom. The molecule has 12 heterocycles. The number of hydrogen-bond acceptors (Lipinski definition) is 30. The summed E-state index contributed by atoms with van der Waals surface area (Å²) in [6.07, 6.45) is 11.2. The maximum atomic E-state index is 14.4. The van der Waals surface area contributed by atoms with Gasteiger partial charge in [0.1, 0.15) is 74.5 Å². The molecule has 141 heavy (non-hydrogen) atoms. The van der Waals surface area contributed by atoms with Crippen molar-refractivity contribution in [1.29, 1.82) is 0 Å². The van der Waals surface area contributed by atoms with Crippen LogP contribution >= 0.6 is 27.5 Å². The van der Waals surface area contributed by atoms with Crippen LogP contribution in [0.1, 0.15) is 81.3 Å². The summed E-state index contributed by atoms with van der Waals surface area (Å²) >= 11 is 9.32. The third-order valence-corrected chi connectivity index (χ3v) is 20.8. The van der Waals surface area contributed by atoms with Crippen LogP contribution in [0.5, 0.6) is 35.3 Å². The number of aryl methyl sites for hydroxylation is 6. The van der Waals surface area contributed by atoms with Crippen molar-refractivity contribution < 1.29 is 251 Å². The first-order valence-electron chi connectivity index (χ1n) is 39.6. The topological polar surface area (TPSA) is 534 Å². The van der Waals surface area contributed by atoms with Gasteiger partial charge >= 0.3 is 34.1 Å². The van der Waals surface area contributed by atoms with Crippen LogP contribution in [0, 0.1) is 48.8 Å². The fourth-order valence-corrected chi connectivity index (χ4v) is 13.5. The second kappa shape index (κ2) is 53.8. The molecular formula is C79H70BrClF6N36O12Y6-6. The Morgan fingerprint density at radius 2 is 0.574 bits per heavy atom. The summed E-state index contributed by atoms with van der Waals surface area (Å²) < 4.78 is 130. The van der Waals surface area contributed by atoms with E-state index in [4.69, 9.17) is 40.0 Å². The minimum atomic E-state index is -0.602. The van der Waals surface area contributed by atoms with Gasteiger partial charge in [0.15, 0.2) is 35.3 Å². The van der Waals surface area contributed by atoms with E-state index >= 15 is 0 Å². The molecule has 48 nitrogen and oxygen atoms in total. The summed E-state index contributed by atoms with van der Waals surface area (Å²) in [5.41, 5.74) is 4.19. The van der Waals surface area contributed by atoms with Crippen LogP contribution < -0.4 is 93.2 Å². The molecule has 0 atom stereocenters. The fourth-order valence-electron chi connectivity index (χ4n) is 12.7. The molecule has 718 valence electrons. The molecule has 0 saturated heterocycles. The van der Waals surface area contributed by atoms with Gasteiger partial charge < -0.3 is 89.6 Å². The molecule has 1 aliphatic carbocycles. The van der Waals surface area contributed by atoms with E-state index in [1.165, 1.54) is 140 Å². The van der Waals surface area contributed by atoms with Gasteiger partial charge in [0.05, 0.1) is 39.1 Å². The molecule has 19 rings (SSSR count).